The van der Waals surface area contributed by atoms with Crippen LogP contribution in [0.1, 0.15) is 28.8 Å². The second-order valence-electron chi connectivity index (χ2n) is 11.5. The van der Waals surface area contributed by atoms with E-state index in [-0.39, 0.29) is 11.8 Å². The standard InChI is InChI=1S/C35H33N5O2/c1-38(2)20-9-21-39-30-17-6-5-15-28(30)34(37-39)35(40-31(41)18-19-32(40)42)23-36-29-16-8-13-26(33(29)35)22-25-12-7-11-24-10-3-4-14-27(24)25/h3-8,10-19,36H,9,20-23H2,1-2H3. The molecule has 4 aromatic carbocycles. The molecule has 0 aliphatic carbocycles. The van der Waals surface area contributed by atoms with Gasteiger partial charge < -0.3 is 10.2 Å². The number of rotatable bonds is 8. The Kier molecular flexibility index (Phi) is 6.39. The van der Waals surface area contributed by atoms with Gasteiger partial charge in [0.15, 0.2) is 0 Å². The van der Waals surface area contributed by atoms with Crippen molar-refractivity contribution in [3.05, 3.63) is 119 Å². The van der Waals surface area contributed by atoms with Gasteiger partial charge in [-0.25, -0.2) is 0 Å². The number of aryl methyl sites for hydroxylation is 1. The maximum atomic E-state index is 13.5. The molecule has 2 aliphatic rings. The van der Waals surface area contributed by atoms with Gasteiger partial charge in [0.2, 0.25) is 0 Å². The van der Waals surface area contributed by atoms with E-state index in [4.69, 9.17) is 5.10 Å². The highest BCUT2D eigenvalue weighted by Crippen LogP contribution is 2.49. The van der Waals surface area contributed by atoms with Gasteiger partial charge in [0, 0.05) is 41.9 Å². The van der Waals surface area contributed by atoms with Gasteiger partial charge in [-0.15, -0.1) is 0 Å². The molecule has 7 nitrogen and oxygen atoms in total. The number of imide groups is 1. The number of hydrogen-bond donors (Lipinski definition) is 1. The van der Waals surface area contributed by atoms with Gasteiger partial charge in [-0.2, -0.15) is 5.10 Å². The minimum absolute atomic E-state index is 0.319. The van der Waals surface area contributed by atoms with E-state index >= 15 is 0 Å². The van der Waals surface area contributed by atoms with E-state index in [9.17, 15) is 9.59 Å². The van der Waals surface area contributed by atoms with Crippen LogP contribution in [0.25, 0.3) is 21.7 Å². The molecule has 210 valence electrons. The predicted octanol–water partition coefficient (Wildman–Crippen LogP) is 5.33. The summed E-state index contributed by atoms with van der Waals surface area (Å²) >= 11 is 0. The van der Waals surface area contributed by atoms with E-state index in [1.54, 1.807) is 0 Å². The summed E-state index contributed by atoms with van der Waals surface area (Å²) in [5, 5.41) is 12.1. The van der Waals surface area contributed by atoms with Crippen LogP contribution in [0, 0.1) is 0 Å². The smallest absolute Gasteiger partial charge is 0.254 e. The summed E-state index contributed by atoms with van der Waals surface area (Å²) in [6, 6.07) is 29.1. The Bertz CT molecular complexity index is 1860. The number of hydrogen-bond acceptors (Lipinski definition) is 5. The third kappa shape index (κ3) is 4.11. The molecule has 0 radical (unpaired) electrons. The quantitative estimate of drug-likeness (QED) is 0.262. The number of fused-ring (bicyclic) bond motifs is 3. The lowest BCUT2D eigenvalue weighted by Crippen LogP contribution is -2.52. The van der Waals surface area contributed by atoms with Crippen molar-refractivity contribution in [3.63, 3.8) is 0 Å². The number of aromatic nitrogens is 2. The second kappa shape index (κ2) is 10.3. The predicted molar refractivity (Wildman–Crippen MR) is 166 cm³/mol. The van der Waals surface area contributed by atoms with E-state index < -0.39 is 5.54 Å². The molecule has 1 N–H and O–H groups in total. The Hall–Kier alpha value is -4.75. The van der Waals surface area contributed by atoms with Crippen LogP contribution in [-0.4, -0.2) is 58.6 Å². The number of para-hydroxylation sites is 1. The lowest BCUT2D eigenvalue weighted by atomic mass is 9.80. The van der Waals surface area contributed by atoms with Gasteiger partial charge in [0.25, 0.3) is 11.8 Å². The fraction of sp³-hybridized carbons (Fsp3) is 0.229. The largest absolute Gasteiger partial charge is 0.382 e. The summed E-state index contributed by atoms with van der Waals surface area (Å²) < 4.78 is 2.04. The molecule has 0 spiro atoms. The number of carbonyl (C=O) groups is 2. The summed E-state index contributed by atoms with van der Waals surface area (Å²) in [6.07, 6.45) is 4.34. The summed E-state index contributed by atoms with van der Waals surface area (Å²) in [7, 11) is 4.13. The van der Waals surface area contributed by atoms with Crippen LogP contribution < -0.4 is 5.32 Å². The highest BCUT2D eigenvalue weighted by Gasteiger charge is 2.54. The van der Waals surface area contributed by atoms with Crippen LogP contribution in [0.2, 0.25) is 0 Å². The normalized spacial score (nSPS) is 18.0. The first kappa shape index (κ1) is 26.2. The van der Waals surface area contributed by atoms with Crippen LogP contribution in [0.3, 0.4) is 0 Å². The van der Waals surface area contributed by atoms with Gasteiger partial charge >= 0.3 is 0 Å². The van der Waals surface area contributed by atoms with Crippen molar-refractivity contribution in [3.8, 4) is 0 Å². The minimum Gasteiger partial charge on any atom is -0.382 e. The number of nitrogens with one attached hydrogen (secondary N) is 1. The highest BCUT2D eigenvalue weighted by atomic mass is 16.2. The first-order chi connectivity index (χ1) is 20.5. The Labute approximate surface area is 245 Å². The fourth-order valence-corrected chi connectivity index (χ4v) is 6.76. The summed E-state index contributed by atoms with van der Waals surface area (Å²) in [5.41, 5.74) is 4.73. The SMILES string of the molecule is CN(C)CCCn1nc(C2(N3C(=O)C=CC3=O)CNc3cccc(Cc4cccc5ccccc45)c32)c2ccccc21. The van der Waals surface area contributed by atoms with Gasteiger partial charge in [-0.05, 0) is 67.5 Å². The zero-order chi connectivity index (χ0) is 28.8. The van der Waals surface area contributed by atoms with Crippen LogP contribution >= 0.6 is 0 Å². The number of nitrogens with zero attached hydrogens (tertiary/aromatic N) is 4. The van der Waals surface area contributed by atoms with Crippen molar-refractivity contribution in [1.29, 1.82) is 0 Å². The second-order valence-corrected chi connectivity index (χ2v) is 11.5. The van der Waals surface area contributed by atoms with E-state index in [0.717, 1.165) is 52.9 Å². The molecule has 1 aromatic heterocycles. The minimum atomic E-state index is -1.11. The molecule has 0 saturated heterocycles. The topological polar surface area (TPSA) is 70.5 Å². The van der Waals surface area contributed by atoms with Crippen molar-refractivity contribution in [2.75, 3.05) is 32.5 Å². The third-order valence-electron chi connectivity index (χ3n) is 8.58. The van der Waals surface area contributed by atoms with Gasteiger partial charge in [-0.1, -0.05) is 72.8 Å². The molecule has 7 rings (SSSR count). The average Bonchev–Trinajstić information content (AvgIpc) is 3.67. The van der Waals surface area contributed by atoms with Gasteiger partial charge in [0.05, 0.1) is 5.52 Å². The van der Waals surface area contributed by atoms with Gasteiger partial charge in [-0.3, -0.25) is 19.2 Å². The Morgan fingerprint density at radius 3 is 2.33 bits per heavy atom. The Morgan fingerprint density at radius 1 is 0.833 bits per heavy atom. The summed E-state index contributed by atoms with van der Waals surface area (Å²) in [6.45, 7) is 2.01. The van der Waals surface area contributed by atoms with E-state index in [0.29, 0.717) is 13.0 Å². The van der Waals surface area contributed by atoms with Crippen molar-refractivity contribution in [2.45, 2.75) is 24.9 Å². The molecule has 3 heterocycles. The van der Waals surface area contributed by atoms with Crippen molar-refractivity contribution >= 4 is 39.2 Å². The van der Waals surface area contributed by atoms with Crippen molar-refractivity contribution in [2.24, 2.45) is 0 Å². The molecule has 1 atom stereocenters. The zero-order valence-electron chi connectivity index (χ0n) is 23.9. The molecule has 1 unspecified atom stereocenters. The molecular weight excluding hydrogens is 522 g/mol. The first-order valence-electron chi connectivity index (χ1n) is 14.5. The molecule has 2 amide bonds. The molecule has 2 aliphatic heterocycles. The molecular formula is C35H33N5O2. The molecule has 0 bridgehead atoms. The van der Waals surface area contributed by atoms with E-state index in [1.807, 2.05) is 28.9 Å². The highest BCUT2D eigenvalue weighted by molar-refractivity contribution is 6.14. The number of anilines is 1. The lowest BCUT2D eigenvalue weighted by molar-refractivity contribution is -0.142. The summed E-state index contributed by atoms with van der Waals surface area (Å²) in [5.74, 6) is -0.637. The van der Waals surface area contributed by atoms with Crippen molar-refractivity contribution < 1.29 is 9.59 Å². The maximum absolute atomic E-state index is 13.5. The molecule has 5 aromatic rings. The maximum Gasteiger partial charge on any atom is 0.254 e. The van der Waals surface area contributed by atoms with Crippen LogP contribution in [0.5, 0.6) is 0 Å². The van der Waals surface area contributed by atoms with Crippen molar-refractivity contribution in [1.82, 2.24) is 19.6 Å². The molecule has 42 heavy (non-hydrogen) atoms. The molecule has 0 fully saturated rings. The van der Waals surface area contributed by atoms with Crippen LogP contribution in [-0.2, 0) is 28.1 Å². The number of carbonyl (C=O) groups excluding carboxylic acids is 2. The Morgan fingerprint density at radius 2 is 1.52 bits per heavy atom. The van der Waals surface area contributed by atoms with Crippen LogP contribution in [0.15, 0.2) is 97.1 Å². The fourth-order valence-electron chi connectivity index (χ4n) is 6.76. The third-order valence-corrected chi connectivity index (χ3v) is 8.58. The average molecular weight is 556 g/mol. The molecule has 0 saturated carbocycles. The number of benzene rings is 4. The Balaban J connectivity index is 1.45. The van der Waals surface area contributed by atoms with E-state index in [1.165, 1.54) is 33.4 Å². The monoisotopic (exact) mass is 555 g/mol. The lowest BCUT2D eigenvalue weighted by Gasteiger charge is -2.37. The van der Waals surface area contributed by atoms with E-state index in [2.05, 4.69) is 85.0 Å². The van der Waals surface area contributed by atoms with Crippen LogP contribution in [0.4, 0.5) is 5.69 Å². The molecule has 7 heteroatoms. The van der Waals surface area contributed by atoms with Gasteiger partial charge in [0.1, 0.15) is 11.2 Å². The summed E-state index contributed by atoms with van der Waals surface area (Å²) in [4.78, 5) is 30.7. The number of amides is 2. The zero-order valence-corrected chi connectivity index (χ0v) is 23.9. The first-order valence-corrected chi connectivity index (χ1v) is 14.5.